The summed E-state index contributed by atoms with van der Waals surface area (Å²) >= 11 is 1.29. The maximum absolute atomic E-state index is 13.0. The van der Waals surface area contributed by atoms with Gasteiger partial charge < -0.3 is 0 Å². The molecule has 3 aromatic carbocycles. The third-order valence-corrected chi connectivity index (χ3v) is 6.74. The van der Waals surface area contributed by atoms with Gasteiger partial charge in [-0.2, -0.15) is 8.42 Å². The zero-order chi connectivity index (χ0) is 21.0. The number of amides is 2. The topological polar surface area (TPSA) is 105 Å². The first-order chi connectivity index (χ1) is 14.3. The second-order valence-electron chi connectivity index (χ2n) is 6.63. The Kier molecular flexibility index (Phi) is 4.07. The number of nitrogens with zero attached hydrogens (tertiary/aromatic N) is 2. The molecule has 5 rings (SSSR count). The molecular formula is C21H12N2O5S2. The fourth-order valence-corrected chi connectivity index (χ4v) is 4.93. The molecule has 0 atom stereocenters. The van der Waals surface area contributed by atoms with Crippen LogP contribution in [0, 0.1) is 0 Å². The number of hydrogen-bond donors (Lipinski definition) is 1. The summed E-state index contributed by atoms with van der Waals surface area (Å²) in [5.74, 6) is -1.00. The number of hydrogen-bond acceptors (Lipinski definition) is 6. The number of anilines is 1. The van der Waals surface area contributed by atoms with Gasteiger partial charge >= 0.3 is 0 Å². The van der Waals surface area contributed by atoms with Crippen LogP contribution in [0.3, 0.4) is 0 Å². The van der Waals surface area contributed by atoms with E-state index in [0.717, 1.165) is 15.7 Å². The predicted octanol–water partition coefficient (Wildman–Crippen LogP) is 4.01. The number of thiazole rings is 1. The summed E-state index contributed by atoms with van der Waals surface area (Å²) < 4.78 is 33.8. The Morgan fingerprint density at radius 3 is 2.10 bits per heavy atom. The molecule has 2 amide bonds. The Hall–Kier alpha value is -3.40. The highest BCUT2D eigenvalue weighted by atomic mass is 32.2. The highest BCUT2D eigenvalue weighted by Gasteiger charge is 2.38. The quantitative estimate of drug-likeness (QED) is 0.384. The molecule has 30 heavy (non-hydrogen) atoms. The normalized spacial score (nSPS) is 13.8. The van der Waals surface area contributed by atoms with Crippen molar-refractivity contribution in [2.45, 2.75) is 4.90 Å². The highest BCUT2D eigenvalue weighted by molar-refractivity contribution is 7.85. The van der Waals surface area contributed by atoms with Crippen molar-refractivity contribution in [1.82, 2.24) is 4.98 Å². The second-order valence-corrected chi connectivity index (χ2v) is 9.08. The summed E-state index contributed by atoms with van der Waals surface area (Å²) in [6.45, 7) is 0. The fraction of sp³-hybridized carbons (Fsp3) is 0. The molecule has 0 bridgehead atoms. The number of benzene rings is 3. The van der Waals surface area contributed by atoms with Crippen molar-refractivity contribution in [3.63, 3.8) is 0 Å². The van der Waals surface area contributed by atoms with E-state index in [1.165, 1.54) is 23.5 Å². The number of para-hydroxylation sites is 1. The molecule has 0 saturated heterocycles. The summed E-state index contributed by atoms with van der Waals surface area (Å²) in [6.07, 6.45) is 0. The first kappa shape index (κ1) is 18.6. The van der Waals surface area contributed by atoms with Gasteiger partial charge in [0.1, 0.15) is 5.01 Å². The van der Waals surface area contributed by atoms with Crippen molar-refractivity contribution >= 4 is 49.2 Å². The Morgan fingerprint density at radius 1 is 0.833 bits per heavy atom. The zero-order valence-electron chi connectivity index (χ0n) is 15.1. The predicted molar refractivity (Wildman–Crippen MR) is 112 cm³/mol. The van der Waals surface area contributed by atoms with Crippen LogP contribution in [0.2, 0.25) is 0 Å². The van der Waals surface area contributed by atoms with E-state index in [-0.39, 0.29) is 27.3 Å². The first-order valence-corrected chi connectivity index (χ1v) is 11.1. The summed E-state index contributed by atoms with van der Waals surface area (Å²) in [5, 5.41) is 0.424. The molecule has 0 fully saturated rings. The van der Waals surface area contributed by atoms with Gasteiger partial charge in [-0.25, -0.2) is 9.88 Å². The van der Waals surface area contributed by atoms with E-state index in [9.17, 15) is 22.6 Å². The lowest BCUT2D eigenvalue weighted by Gasteiger charge is -2.18. The largest absolute Gasteiger partial charge is 0.294 e. The van der Waals surface area contributed by atoms with Crippen LogP contribution in [0.4, 0.5) is 5.69 Å². The van der Waals surface area contributed by atoms with E-state index in [1.807, 2.05) is 24.3 Å². The molecule has 0 spiro atoms. The van der Waals surface area contributed by atoms with E-state index in [0.29, 0.717) is 10.5 Å². The minimum Gasteiger partial charge on any atom is -0.282 e. The van der Waals surface area contributed by atoms with E-state index in [1.54, 1.807) is 24.3 Å². The molecule has 0 aliphatic carbocycles. The lowest BCUT2D eigenvalue weighted by Crippen LogP contribution is -2.30. The van der Waals surface area contributed by atoms with Gasteiger partial charge in [-0.15, -0.1) is 11.3 Å². The van der Waals surface area contributed by atoms with Crippen LogP contribution < -0.4 is 4.90 Å². The Labute approximate surface area is 175 Å². The SMILES string of the molecule is O=C1c2ccccc2C(=O)N1c1ccc(S(=O)(=O)O)cc1-c1nc2ccccc2s1. The molecule has 0 radical (unpaired) electrons. The summed E-state index contributed by atoms with van der Waals surface area (Å²) in [4.78, 5) is 31.1. The molecule has 0 saturated carbocycles. The summed E-state index contributed by atoms with van der Waals surface area (Å²) in [7, 11) is -4.50. The number of fused-ring (bicyclic) bond motifs is 2. The molecule has 1 aliphatic heterocycles. The van der Waals surface area contributed by atoms with E-state index in [4.69, 9.17) is 0 Å². The van der Waals surface area contributed by atoms with Crippen molar-refractivity contribution in [3.05, 3.63) is 77.9 Å². The van der Waals surface area contributed by atoms with Crippen molar-refractivity contribution in [3.8, 4) is 10.6 Å². The van der Waals surface area contributed by atoms with Crippen molar-refractivity contribution in [2.24, 2.45) is 0 Å². The number of rotatable bonds is 3. The molecule has 2 heterocycles. The lowest BCUT2D eigenvalue weighted by atomic mass is 10.1. The number of aromatic nitrogens is 1. The second kappa shape index (κ2) is 6.56. The number of carbonyl (C=O) groups is 2. The van der Waals surface area contributed by atoms with Crippen LogP contribution in [0.15, 0.2) is 71.6 Å². The minimum atomic E-state index is -4.50. The maximum Gasteiger partial charge on any atom is 0.294 e. The standard InChI is InChI=1S/C21H12N2O5S2/c24-20-13-5-1-2-6-14(13)21(25)23(20)17-10-9-12(30(26,27)28)11-15(17)19-22-16-7-3-4-8-18(16)29-19/h1-11H,(H,26,27,28). The van der Waals surface area contributed by atoms with E-state index in [2.05, 4.69) is 4.98 Å². The smallest absolute Gasteiger partial charge is 0.282 e. The first-order valence-electron chi connectivity index (χ1n) is 8.80. The van der Waals surface area contributed by atoms with Crippen LogP contribution in [0.25, 0.3) is 20.8 Å². The van der Waals surface area contributed by atoms with Gasteiger partial charge in [-0.1, -0.05) is 24.3 Å². The third kappa shape index (κ3) is 2.83. The number of carbonyl (C=O) groups excluding carboxylic acids is 2. The van der Waals surface area contributed by atoms with Crippen LogP contribution in [-0.2, 0) is 10.1 Å². The minimum absolute atomic E-state index is 0.202. The third-order valence-electron chi connectivity index (χ3n) is 4.83. The van der Waals surface area contributed by atoms with Crippen LogP contribution in [-0.4, -0.2) is 29.8 Å². The van der Waals surface area contributed by atoms with Crippen molar-refractivity contribution < 1.29 is 22.6 Å². The van der Waals surface area contributed by atoms with Gasteiger partial charge in [-0.3, -0.25) is 14.1 Å². The van der Waals surface area contributed by atoms with Crippen LogP contribution in [0.5, 0.6) is 0 Å². The Bertz CT molecular complexity index is 1410. The maximum atomic E-state index is 13.0. The number of imide groups is 1. The monoisotopic (exact) mass is 436 g/mol. The van der Waals surface area contributed by atoms with Gasteiger partial charge in [0.05, 0.1) is 31.9 Å². The Morgan fingerprint density at radius 2 is 1.47 bits per heavy atom. The molecule has 9 heteroatoms. The van der Waals surface area contributed by atoms with E-state index >= 15 is 0 Å². The molecule has 7 nitrogen and oxygen atoms in total. The molecule has 1 N–H and O–H groups in total. The van der Waals surface area contributed by atoms with Gasteiger partial charge in [0, 0.05) is 5.56 Å². The summed E-state index contributed by atoms with van der Waals surface area (Å²) in [6, 6.07) is 17.6. The van der Waals surface area contributed by atoms with Gasteiger partial charge in [0.25, 0.3) is 21.9 Å². The molecule has 0 unspecified atom stereocenters. The molecule has 1 aliphatic rings. The Balaban J connectivity index is 1.75. The van der Waals surface area contributed by atoms with Crippen molar-refractivity contribution in [1.29, 1.82) is 0 Å². The average molecular weight is 436 g/mol. The average Bonchev–Trinajstić information content (AvgIpc) is 3.27. The highest BCUT2D eigenvalue weighted by Crippen LogP contribution is 2.40. The fourth-order valence-electron chi connectivity index (χ4n) is 3.44. The molecule has 1 aromatic heterocycles. The molecular weight excluding hydrogens is 424 g/mol. The van der Waals surface area contributed by atoms with Crippen molar-refractivity contribution in [2.75, 3.05) is 4.90 Å². The molecule has 148 valence electrons. The lowest BCUT2D eigenvalue weighted by molar-refractivity contribution is 0.0926. The van der Waals surface area contributed by atoms with Crippen LogP contribution in [0.1, 0.15) is 20.7 Å². The van der Waals surface area contributed by atoms with E-state index < -0.39 is 21.9 Å². The van der Waals surface area contributed by atoms with Gasteiger partial charge in [0.2, 0.25) is 0 Å². The van der Waals surface area contributed by atoms with Gasteiger partial charge in [-0.05, 0) is 42.5 Å². The zero-order valence-corrected chi connectivity index (χ0v) is 16.8. The van der Waals surface area contributed by atoms with Gasteiger partial charge in [0.15, 0.2) is 0 Å². The molecule has 4 aromatic rings. The van der Waals surface area contributed by atoms with Crippen LogP contribution >= 0.6 is 11.3 Å². The summed E-state index contributed by atoms with van der Waals surface area (Å²) in [5.41, 5.74) is 1.71.